The second-order valence-corrected chi connectivity index (χ2v) is 5.99. The third kappa shape index (κ3) is 1.64. The van der Waals surface area contributed by atoms with E-state index in [2.05, 4.69) is 49.9 Å². The topological polar surface area (TPSA) is 17.8 Å². The van der Waals surface area contributed by atoms with Crippen LogP contribution in [0, 0.1) is 6.92 Å². The van der Waals surface area contributed by atoms with Crippen molar-refractivity contribution in [3.05, 3.63) is 38.5 Å². The van der Waals surface area contributed by atoms with Crippen LogP contribution in [0.4, 0.5) is 0 Å². The van der Waals surface area contributed by atoms with Gasteiger partial charge in [-0.1, -0.05) is 6.07 Å². The minimum atomic E-state index is 0.673. The molecule has 2 aromatic heterocycles. The van der Waals surface area contributed by atoms with E-state index in [0.29, 0.717) is 5.92 Å². The summed E-state index contributed by atoms with van der Waals surface area (Å²) < 4.78 is 3.40. The van der Waals surface area contributed by atoms with Crippen LogP contribution in [-0.4, -0.2) is 9.55 Å². The van der Waals surface area contributed by atoms with Gasteiger partial charge in [0.05, 0.1) is 5.69 Å². The quantitative estimate of drug-likeness (QED) is 0.784. The highest BCUT2D eigenvalue weighted by molar-refractivity contribution is 9.10. The van der Waals surface area contributed by atoms with Crippen molar-refractivity contribution in [1.29, 1.82) is 0 Å². The molecule has 3 rings (SSSR count). The molecule has 2 nitrogen and oxygen atoms in total. The maximum absolute atomic E-state index is 4.49. The number of rotatable bonds is 1. The molecule has 0 spiro atoms. The van der Waals surface area contributed by atoms with Crippen LogP contribution in [0.5, 0.6) is 0 Å². The normalized spacial score (nSPS) is 19.8. The molecule has 1 aliphatic heterocycles. The first-order valence-corrected chi connectivity index (χ1v) is 7.18. The van der Waals surface area contributed by atoms with Crippen LogP contribution in [0.25, 0.3) is 0 Å². The molecule has 3 heterocycles. The van der Waals surface area contributed by atoms with Gasteiger partial charge in [-0.05, 0) is 47.1 Å². The number of thiophene rings is 1. The van der Waals surface area contributed by atoms with E-state index in [1.54, 1.807) is 0 Å². The van der Waals surface area contributed by atoms with Crippen LogP contribution in [0.15, 0.2) is 22.1 Å². The monoisotopic (exact) mass is 296 g/mol. The SMILES string of the molecule is Cc1nc(Br)c2n1CC(c1cccs1)CC2. The van der Waals surface area contributed by atoms with Gasteiger partial charge in [-0.3, -0.25) is 0 Å². The lowest BCUT2D eigenvalue weighted by molar-refractivity contribution is 0.460. The summed E-state index contributed by atoms with van der Waals surface area (Å²) in [4.78, 5) is 6.00. The fraction of sp³-hybridized carbons (Fsp3) is 0.417. The summed E-state index contributed by atoms with van der Waals surface area (Å²) in [5.74, 6) is 1.80. The summed E-state index contributed by atoms with van der Waals surface area (Å²) in [6.45, 7) is 3.17. The highest BCUT2D eigenvalue weighted by Crippen LogP contribution is 2.34. The van der Waals surface area contributed by atoms with Gasteiger partial charge in [0, 0.05) is 17.3 Å². The highest BCUT2D eigenvalue weighted by Gasteiger charge is 2.24. The Balaban J connectivity index is 1.94. The number of hydrogen-bond acceptors (Lipinski definition) is 2. The Morgan fingerprint density at radius 3 is 3.19 bits per heavy atom. The number of imidazole rings is 1. The van der Waals surface area contributed by atoms with E-state index in [9.17, 15) is 0 Å². The molecule has 0 saturated heterocycles. The maximum atomic E-state index is 4.49. The summed E-state index contributed by atoms with van der Waals surface area (Å²) in [6.07, 6.45) is 2.37. The minimum Gasteiger partial charge on any atom is -0.330 e. The highest BCUT2D eigenvalue weighted by atomic mass is 79.9. The van der Waals surface area contributed by atoms with Crippen molar-refractivity contribution in [3.8, 4) is 0 Å². The van der Waals surface area contributed by atoms with Crippen molar-refractivity contribution in [2.75, 3.05) is 0 Å². The zero-order valence-corrected chi connectivity index (χ0v) is 11.5. The molecule has 1 aliphatic rings. The molecule has 4 heteroatoms. The number of fused-ring (bicyclic) bond motifs is 1. The molecule has 0 amide bonds. The van der Waals surface area contributed by atoms with Gasteiger partial charge in [0.1, 0.15) is 10.4 Å². The molecule has 0 aliphatic carbocycles. The first kappa shape index (κ1) is 10.5. The molecule has 0 N–H and O–H groups in total. The zero-order valence-electron chi connectivity index (χ0n) is 9.11. The van der Waals surface area contributed by atoms with Crippen LogP contribution in [0.3, 0.4) is 0 Å². The van der Waals surface area contributed by atoms with Gasteiger partial charge in [-0.25, -0.2) is 4.98 Å². The van der Waals surface area contributed by atoms with Crippen LogP contribution in [0.2, 0.25) is 0 Å². The van der Waals surface area contributed by atoms with Gasteiger partial charge in [-0.2, -0.15) is 0 Å². The van der Waals surface area contributed by atoms with Gasteiger partial charge in [0.15, 0.2) is 0 Å². The van der Waals surface area contributed by atoms with E-state index in [1.165, 1.54) is 17.0 Å². The molecule has 0 fully saturated rings. The summed E-state index contributed by atoms with van der Waals surface area (Å²) in [7, 11) is 0. The summed E-state index contributed by atoms with van der Waals surface area (Å²) in [6, 6.07) is 4.40. The molecule has 1 atom stereocenters. The Morgan fingerprint density at radius 1 is 1.56 bits per heavy atom. The molecule has 84 valence electrons. The largest absolute Gasteiger partial charge is 0.330 e. The van der Waals surface area contributed by atoms with Crippen LogP contribution < -0.4 is 0 Å². The van der Waals surface area contributed by atoms with Crippen LogP contribution >= 0.6 is 27.3 Å². The Kier molecular flexibility index (Phi) is 2.64. The van der Waals surface area contributed by atoms with Crippen molar-refractivity contribution in [1.82, 2.24) is 9.55 Å². The first-order chi connectivity index (χ1) is 7.75. The van der Waals surface area contributed by atoms with E-state index in [0.717, 1.165) is 23.4 Å². The van der Waals surface area contributed by atoms with Gasteiger partial charge in [-0.15, -0.1) is 11.3 Å². The molecule has 16 heavy (non-hydrogen) atoms. The molecular formula is C12H13BrN2S. The maximum Gasteiger partial charge on any atom is 0.127 e. The van der Waals surface area contributed by atoms with E-state index in [4.69, 9.17) is 0 Å². The molecule has 0 saturated carbocycles. The van der Waals surface area contributed by atoms with E-state index in [1.807, 2.05) is 11.3 Å². The molecule has 0 radical (unpaired) electrons. The third-order valence-electron chi connectivity index (χ3n) is 3.29. The fourth-order valence-corrected chi connectivity index (χ4v) is 3.96. The lowest BCUT2D eigenvalue weighted by Gasteiger charge is -2.24. The van der Waals surface area contributed by atoms with Crippen molar-refractivity contribution < 1.29 is 0 Å². The fourth-order valence-electron chi connectivity index (χ4n) is 2.43. The van der Waals surface area contributed by atoms with E-state index >= 15 is 0 Å². The Morgan fingerprint density at radius 2 is 2.44 bits per heavy atom. The average Bonchev–Trinajstić information content (AvgIpc) is 2.88. The number of halogens is 1. The summed E-state index contributed by atoms with van der Waals surface area (Å²) in [5.41, 5.74) is 1.37. The predicted octanol–water partition coefficient (Wildman–Crippen LogP) is 3.75. The van der Waals surface area contributed by atoms with E-state index in [-0.39, 0.29) is 0 Å². The summed E-state index contributed by atoms with van der Waals surface area (Å²) >= 11 is 5.41. The molecular weight excluding hydrogens is 284 g/mol. The van der Waals surface area contributed by atoms with Crippen molar-refractivity contribution in [3.63, 3.8) is 0 Å². The lowest BCUT2D eigenvalue weighted by atomic mass is 9.96. The molecule has 0 bridgehead atoms. The molecule has 1 unspecified atom stereocenters. The van der Waals surface area contributed by atoms with E-state index < -0.39 is 0 Å². The number of nitrogens with zero attached hydrogens (tertiary/aromatic N) is 2. The lowest BCUT2D eigenvalue weighted by Crippen LogP contribution is -2.18. The van der Waals surface area contributed by atoms with Crippen molar-refractivity contribution in [2.24, 2.45) is 0 Å². The van der Waals surface area contributed by atoms with Gasteiger partial charge >= 0.3 is 0 Å². The Hall–Kier alpha value is -0.610. The third-order valence-corrected chi connectivity index (χ3v) is 4.96. The second kappa shape index (κ2) is 4.00. The van der Waals surface area contributed by atoms with Gasteiger partial charge in [0.2, 0.25) is 0 Å². The predicted molar refractivity (Wildman–Crippen MR) is 70.0 cm³/mol. The molecule has 2 aromatic rings. The van der Waals surface area contributed by atoms with Crippen molar-refractivity contribution >= 4 is 27.3 Å². The number of aromatic nitrogens is 2. The Labute approximate surface area is 107 Å². The van der Waals surface area contributed by atoms with Gasteiger partial charge in [0.25, 0.3) is 0 Å². The Bertz CT molecular complexity index is 501. The van der Waals surface area contributed by atoms with Crippen LogP contribution in [-0.2, 0) is 13.0 Å². The standard InChI is InChI=1S/C12H13BrN2S/c1-8-14-12(13)10-5-4-9(7-15(8)10)11-3-2-6-16-11/h2-3,6,9H,4-5,7H2,1H3. The number of hydrogen-bond donors (Lipinski definition) is 0. The zero-order chi connectivity index (χ0) is 11.1. The number of aryl methyl sites for hydroxylation is 1. The minimum absolute atomic E-state index is 0.673. The first-order valence-electron chi connectivity index (χ1n) is 5.50. The molecule has 0 aromatic carbocycles. The van der Waals surface area contributed by atoms with Crippen LogP contribution in [0.1, 0.15) is 28.7 Å². The average molecular weight is 297 g/mol. The van der Waals surface area contributed by atoms with Gasteiger partial charge < -0.3 is 4.57 Å². The van der Waals surface area contributed by atoms with Crippen molar-refractivity contribution in [2.45, 2.75) is 32.2 Å². The summed E-state index contributed by atoms with van der Waals surface area (Å²) in [5, 5.41) is 2.17. The smallest absolute Gasteiger partial charge is 0.127 e. The second-order valence-electron chi connectivity index (χ2n) is 4.26.